The van der Waals surface area contributed by atoms with Gasteiger partial charge in [-0.3, -0.25) is 11.3 Å². The van der Waals surface area contributed by atoms with Gasteiger partial charge in [-0.15, -0.1) is 0 Å². The first-order chi connectivity index (χ1) is 7.30. The van der Waals surface area contributed by atoms with Crippen molar-refractivity contribution < 1.29 is 0 Å². The number of nitrogens with two attached hydrogens (primary N) is 1. The highest BCUT2D eigenvalue weighted by molar-refractivity contribution is 8.00. The number of nitrogens with one attached hydrogen (secondary N) is 1. The molecule has 4 aliphatic carbocycles. The number of hydrazine groups is 1. The monoisotopic (exact) mass is 226 g/mol. The van der Waals surface area contributed by atoms with Crippen molar-refractivity contribution in [3.63, 3.8) is 0 Å². The molecule has 15 heavy (non-hydrogen) atoms. The van der Waals surface area contributed by atoms with Crippen LogP contribution in [-0.4, -0.2) is 17.0 Å². The summed E-state index contributed by atoms with van der Waals surface area (Å²) < 4.78 is 0.672. The zero-order valence-electron chi connectivity index (χ0n) is 9.37. The molecule has 0 radical (unpaired) electrons. The Balaban J connectivity index is 1.65. The van der Waals surface area contributed by atoms with E-state index in [4.69, 9.17) is 5.84 Å². The third kappa shape index (κ3) is 1.94. The predicted molar refractivity (Wildman–Crippen MR) is 65.6 cm³/mol. The van der Waals surface area contributed by atoms with Crippen molar-refractivity contribution in [2.75, 3.05) is 12.3 Å². The first kappa shape index (κ1) is 10.4. The molecule has 0 saturated heterocycles. The lowest BCUT2D eigenvalue weighted by Crippen LogP contribution is -2.49. The Hall–Kier alpha value is 0.270. The summed E-state index contributed by atoms with van der Waals surface area (Å²) in [5.74, 6) is 9.77. The van der Waals surface area contributed by atoms with Gasteiger partial charge in [0.2, 0.25) is 0 Å². The molecule has 0 aromatic rings. The third-order valence-electron chi connectivity index (χ3n) is 4.64. The van der Waals surface area contributed by atoms with E-state index < -0.39 is 0 Å². The molecular weight excluding hydrogens is 204 g/mol. The zero-order valence-corrected chi connectivity index (χ0v) is 10.2. The molecule has 0 aromatic heterocycles. The van der Waals surface area contributed by atoms with Crippen molar-refractivity contribution in [2.24, 2.45) is 23.6 Å². The minimum atomic E-state index is 0.672. The predicted octanol–water partition coefficient (Wildman–Crippen LogP) is 2.15. The lowest BCUT2D eigenvalue weighted by molar-refractivity contribution is 0.0383. The largest absolute Gasteiger partial charge is 0.271 e. The minimum absolute atomic E-state index is 0.672. The van der Waals surface area contributed by atoms with Gasteiger partial charge in [-0.05, 0) is 56.3 Å². The number of thioether (sulfide) groups is 1. The molecule has 0 heterocycles. The topological polar surface area (TPSA) is 38.0 Å². The molecule has 0 spiro atoms. The van der Waals surface area contributed by atoms with Crippen LogP contribution in [0.15, 0.2) is 0 Å². The van der Waals surface area contributed by atoms with Crippen molar-refractivity contribution in [1.29, 1.82) is 0 Å². The maximum atomic E-state index is 5.34. The zero-order chi connectivity index (χ0) is 10.3. The van der Waals surface area contributed by atoms with Crippen LogP contribution in [0.1, 0.15) is 38.5 Å². The summed E-state index contributed by atoms with van der Waals surface area (Å²) in [6.45, 7) is 0.965. The molecule has 4 aliphatic rings. The van der Waals surface area contributed by atoms with Crippen LogP contribution in [0.5, 0.6) is 0 Å². The molecule has 4 bridgehead atoms. The molecule has 0 unspecified atom stereocenters. The van der Waals surface area contributed by atoms with Crippen molar-refractivity contribution in [2.45, 2.75) is 43.3 Å². The Morgan fingerprint density at radius 2 is 1.60 bits per heavy atom. The summed E-state index contributed by atoms with van der Waals surface area (Å²) in [4.78, 5) is 0. The summed E-state index contributed by atoms with van der Waals surface area (Å²) in [6, 6.07) is 0. The van der Waals surface area contributed by atoms with E-state index in [0.717, 1.165) is 24.3 Å². The Bertz CT molecular complexity index is 206. The standard InChI is InChI=1S/C12H22N2S/c13-14-1-2-15-12-6-9-3-10(7-12)5-11(4-9)8-12/h9-11,14H,1-8,13H2. The smallest absolute Gasteiger partial charge is 0.0189 e. The Labute approximate surface area is 96.7 Å². The van der Waals surface area contributed by atoms with Gasteiger partial charge in [-0.2, -0.15) is 11.8 Å². The van der Waals surface area contributed by atoms with Gasteiger partial charge in [0, 0.05) is 17.0 Å². The Morgan fingerprint density at radius 1 is 1.07 bits per heavy atom. The normalized spacial score (nSPS) is 47.4. The van der Waals surface area contributed by atoms with Gasteiger partial charge >= 0.3 is 0 Å². The SMILES string of the molecule is NNCCSC12CC3CC(CC(C3)C1)C2. The highest BCUT2D eigenvalue weighted by Crippen LogP contribution is 2.60. The molecule has 4 fully saturated rings. The molecule has 4 saturated carbocycles. The van der Waals surface area contributed by atoms with Crippen molar-refractivity contribution >= 4 is 11.8 Å². The molecular formula is C12H22N2S. The first-order valence-electron chi connectivity index (χ1n) is 6.37. The van der Waals surface area contributed by atoms with E-state index in [1.165, 1.54) is 25.0 Å². The highest BCUT2D eigenvalue weighted by Gasteiger charge is 2.50. The molecule has 3 heteroatoms. The fourth-order valence-electron chi connectivity index (χ4n) is 4.53. The van der Waals surface area contributed by atoms with Crippen LogP contribution in [0.2, 0.25) is 0 Å². The van der Waals surface area contributed by atoms with Crippen LogP contribution >= 0.6 is 11.8 Å². The maximum Gasteiger partial charge on any atom is 0.0189 e. The summed E-state index contributed by atoms with van der Waals surface area (Å²) in [5, 5.41) is 0. The Morgan fingerprint density at radius 3 is 2.07 bits per heavy atom. The molecule has 86 valence electrons. The number of hydrogen-bond donors (Lipinski definition) is 2. The fraction of sp³-hybridized carbons (Fsp3) is 1.00. The lowest BCUT2D eigenvalue weighted by Gasteiger charge is -2.56. The quantitative estimate of drug-likeness (QED) is 0.438. The van der Waals surface area contributed by atoms with Crippen LogP contribution in [0.25, 0.3) is 0 Å². The van der Waals surface area contributed by atoms with Gasteiger partial charge in [0.25, 0.3) is 0 Å². The second-order valence-corrected chi connectivity index (χ2v) is 7.47. The van der Waals surface area contributed by atoms with Crippen LogP contribution in [-0.2, 0) is 0 Å². The van der Waals surface area contributed by atoms with Crippen molar-refractivity contribution in [3.8, 4) is 0 Å². The summed E-state index contributed by atoms with van der Waals surface area (Å²) in [6.07, 6.45) is 9.18. The maximum absolute atomic E-state index is 5.34. The molecule has 4 rings (SSSR count). The average molecular weight is 226 g/mol. The van der Waals surface area contributed by atoms with Gasteiger partial charge in [0.05, 0.1) is 0 Å². The first-order valence-corrected chi connectivity index (χ1v) is 7.36. The van der Waals surface area contributed by atoms with E-state index in [1.807, 2.05) is 0 Å². The van der Waals surface area contributed by atoms with E-state index in [9.17, 15) is 0 Å². The van der Waals surface area contributed by atoms with Gasteiger partial charge < -0.3 is 0 Å². The van der Waals surface area contributed by atoms with Crippen LogP contribution in [0.4, 0.5) is 0 Å². The lowest BCUT2D eigenvalue weighted by atomic mass is 9.56. The average Bonchev–Trinajstić information content (AvgIpc) is 2.15. The van der Waals surface area contributed by atoms with Crippen molar-refractivity contribution in [3.05, 3.63) is 0 Å². The van der Waals surface area contributed by atoms with Gasteiger partial charge in [0.1, 0.15) is 0 Å². The van der Waals surface area contributed by atoms with Gasteiger partial charge in [-0.1, -0.05) is 0 Å². The van der Waals surface area contributed by atoms with E-state index in [-0.39, 0.29) is 0 Å². The fourth-order valence-corrected chi connectivity index (χ4v) is 6.25. The molecule has 0 aliphatic heterocycles. The second kappa shape index (κ2) is 3.94. The van der Waals surface area contributed by atoms with E-state index in [1.54, 1.807) is 19.3 Å². The van der Waals surface area contributed by atoms with Gasteiger partial charge in [-0.25, -0.2) is 0 Å². The minimum Gasteiger partial charge on any atom is -0.271 e. The summed E-state index contributed by atoms with van der Waals surface area (Å²) in [7, 11) is 0. The van der Waals surface area contributed by atoms with Gasteiger partial charge in [0.15, 0.2) is 0 Å². The van der Waals surface area contributed by atoms with Crippen LogP contribution in [0.3, 0.4) is 0 Å². The molecule has 0 aromatic carbocycles. The third-order valence-corrected chi connectivity index (χ3v) is 6.16. The van der Waals surface area contributed by atoms with E-state index in [2.05, 4.69) is 17.2 Å². The van der Waals surface area contributed by atoms with Crippen molar-refractivity contribution in [1.82, 2.24) is 5.43 Å². The Kier molecular flexibility index (Phi) is 2.74. The summed E-state index contributed by atoms with van der Waals surface area (Å²) in [5.41, 5.74) is 2.78. The van der Waals surface area contributed by atoms with E-state index >= 15 is 0 Å². The number of hydrogen-bond acceptors (Lipinski definition) is 3. The van der Waals surface area contributed by atoms with E-state index in [0.29, 0.717) is 4.75 Å². The highest BCUT2D eigenvalue weighted by atomic mass is 32.2. The molecule has 0 atom stereocenters. The molecule has 2 nitrogen and oxygen atoms in total. The molecule has 3 N–H and O–H groups in total. The molecule has 0 amide bonds. The van der Waals surface area contributed by atoms with Crippen LogP contribution in [0, 0.1) is 17.8 Å². The second-order valence-electron chi connectivity index (χ2n) is 5.90. The number of rotatable bonds is 4. The van der Waals surface area contributed by atoms with Crippen LogP contribution < -0.4 is 11.3 Å². The summed E-state index contributed by atoms with van der Waals surface area (Å²) >= 11 is 2.22.